The first-order valence-electron chi connectivity index (χ1n) is 7.22. The molecule has 0 aliphatic carbocycles. The number of ether oxygens (including phenoxy) is 2. The highest BCUT2D eigenvalue weighted by Gasteiger charge is 2.30. The van der Waals surface area contributed by atoms with Gasteiger partial charge in [0.25, 0.3) is 0 Å². The Labute approximate surface area is 142 Å². The summed E-state index contributed by atoms with van der Waals surface area (Å²) in [4.78, 5) is 0. The minimum absolute atomic E-state index is 0.285. The quantitative estimate of drug-likeness (QED) is 0.417. The minimum Gasteiger partial charge on any atom is -0.490 e. The van der Waals surface area contributed by atoms with Gasteiger partial charge < -0.3 is 9.47 Å². The van der Waals surface area contributed by atoms with E-state index in [1.54, 1.807) is 24.4 Å². The van der Waals surface area contributed by atoms with Crippen LogP contribution in [-0.4, -0.2) is 25.4 Å². The molecule has 0 unspecified atom stereocenters. The molecule has 0 radical (unpaired) electrons. The average molecular weight is 348 g/mol. The number of hydrogen-bond acceptors (Lipinski definition) is 4. The number of halogens is 3. The summed E-state index contributed by atoms with van der Waals surface area (Å²) in [5, 5.41) is 7.74. The second kappa shape index (κ2) is 8.68. The smallest absolute Gasteiger partial charge is 0.490 e. The molecule has 0 aliphatic heterocycles. The van der Waals surface area contributed by atoms with E-state index in [-0.39, 0.29) is 5.75 Å². The minimum atomic E-state index is -4.70. The van der Waals surface area contributed by atoms with Gasteiger partial charge in [0, 0.05) is 0 Å². The summed E-state index contributed by atoms with van der Waals surface area (Å²) in [6.07, 6.45) is -0.0671. The maximum Gasteiger partial charge on any atom is 0.573 e. The predicted molar refractivity (Wildman–Crippen MR) is 90.4 cm³/mol. The van der Waals surface area contributed by atoms with E-state index in [9.17, 15) is 13.2 Å². The third kappa shape index (κ3) is 6.90. The molecular weight excluding hydrogens is 333 g/mol. The van der Waals surface area contributed by atoms with Gasteiger partial charge in [-0.05, 0) is 59.7 Å². The maximum absolute atomic E-state index is 12.1. The fourth-order valence-electron chi connectivity index (χ4n) is 1.76. The van der Waals surface area contributed by atoms with Crippen LogP contribution >= 0.6 is 0 Å². The zero-order chi connectivity index (χ0) is 18.1. The van der Waals surface area contributed by atoms with E-state index in [1.807, 2.05) is 12.1 Å². The molecule has 0 amide bonds. The van der Waals surface area contributed by atoms with Gasteiger partial charge in [0.2, 0.25) is 0 Å². The molecule has 2 aromatic rings. The maximum atomic E-state index is 12.1. The Bertz CT molecular complexity index is 736. The Morgan fingerprint density at radius 3 is 1.76 bits per heavy atom. The molecule has 7 heteroatoms. The standard InChI is InChI=1S/C18H15F3N2O2/c1-2-11-24-16-7-3-14(4-8-16)12-22-23-13-15-5-9-17(10-6-15)25-18(19,20)21/h2-10,12-13H,1,11H2. The lowest BCUT2D eigenvalue weighted by Crippen LogP contribution is -2.16. The highest BCUT2D eigenvalue weighted by molar-refractivity contribution is 5.82. The highest BCUT2D eigenvalue weighted by Crippen LogP contribution is 2.22. The van der Waals surface area contributed by atoms with E-state index in [0.717, 1.165) is 11.3 Å². The van der Waals surface area contributed by atoms with Gasteiger partial charge >= 0.3 is 6.36 Å². The fourth-order valence-corrected chi connectivity index (χ4v) is 1.76. The summed E-state index contributed by atoms with van der Waals surface area (Å²) in [6.45, 7) is 4.00. The molecule has 0 fully saturated rings. The lowest BCUT2D eigenvalue weighted by atomic mass is 10.2. The Morgan fingerprint density at radius 1 is 0.840 bits per heavy atom. The van der Waals surface area contributed by atoms with E-state index in [1.165, 1.54) is 30.5 Å². The lowest BCUT2D eigenvalue weighted by molar-refractivity contribution is -0.274. The third-order valence-corrected chi connectivity index (χ3v) is 2.84. The van der Waals surface area contributed by atoms with Crippen molar-refractivity contribution in [1.29, 1.82) is 0 Å². The van der Waals surface area contributed by atoms with Crippen molar-refractivity contribution in [3.8, 4) is 11.5 Å². The number of alkyl halides is 3. The largest absolute Gasteiger partial charge is 0.573 e. The summed E-state index contributed by atoms with van der Waals surface area (Å²) in [5.74, 6) is 0.439. The molecule has 0 aromatic heterocycles. The van der Waals surface area contributed by atoms with Crippen LogP contribution in [0.3, 0.4) is 0 Å². The molecule has 0 aliphatic rings. The topological polar surface area (TPSA) is 43.2 Å². The van der Waals surface area contributed by atoms with Gasteiger partial charge in [-0.25, -0.2) is 0 Å². The predicted octanol–water partition coefficient (Wildman–Crippen LogP) is 4.60. The molecule has 0 saturated carbocycles. The zero-order valence-electron chi connectivity index (χ0n) is 13.1. The molecule has 2 rings (SSSR count). The van der Waals surface area contributed by atoms with Crippen LogP contribution in [0.4, 0.5) is 13.2 Å². The molecule has 0 spiro atoms. The average Bonchev–Trinajstić information content (AvgIpc) is 2.58. The number of hydrogen-bond donors (Lipinski definition) is 0. The van der Waals surface area contributed by atoms with E-state index < -0.39 is 6.36 Å². The van der Waals surface area contributed by atoms with Gasteiger partial charge in [0.15, 0.2) is 0 Å². The van der Waals surface area contributed by atoms with Crippen molar-refractivity contribution in [3.63, 3.8) is 0 Å². The van der Waals surface area contributed by atoms with Crippen molar-refractivity contribution in [2.24, 2.45) is 10.2 Å². The van der Waals surface area contributed by atoms with Gasteiger partial charge in [0.05, 0.1) is 12.4 Å². The summed E-state index contributed by atoms with van der Waals surface area (Å²) in [6, 6.07) is 12.6. The van der Waals surface area contributed by atoms with Crippen LogP contribution in [0.1, 0.15) is 11.1 Å². The Morgan fingerprint density at radius 2 is 1.32 bits per heavy atom. The highest BCUT2D eigenvalue weighted by atomic mass is 19.4. The van der Waals surface area contributed by atoms with Crippen molar-refractivity contribution < 1.29 is 22.6 Å². The second-order valence-corrected chi connectivity index (χ2v) is 4.77. The zero-order valence-corrected chi connectivity index (χ0v) is 13.1. The van der Waals surface area contributed by atoms with Gasteiger partial charge in [-0.2, -0.15) is 10.2 Å². The van der Waals surface area contributed by atoms with Gasteiger partial charge in [-0.3, -0.25) is 0 Å². The van der Waals surface area contributed by atoms with Crippen molar-refractivity contribution in [3.05, 3.63) is 72.3 Å². The summed E-state index contributed by atoms with van der Waals surface area (Å²) >= 11 is 0. The number of rotatable bonds is 7. The van der Waals surface area contributed by atoms with Gasteiger partial charge in [-0.15, -0.1) is 13.2 Å². The molecule has 0 atom stereocenters. The van der Waals surface area contributed by atoms with Crippen LogP contribution < -0.4 is 9.47 Å². The van der Waals surface area contributed by atoms with Crippen molar-refractivity contribution in [2.45, 2.75) is 6.36 Å². The third-order valence-electron chi connectivity index (χ3n) is 2.84. The normalized spacial score (nSPS) is 11.8. The summed E-state index contributed by atoms with van der Waals surface area (Å²) < 4.78 is 45.3. The van der Waals surface area contributed by atoms with Crippen LogP contribution in [0.2, 0.25) is 0 Å². The molecule has 0 N–H and O–H groups in total. The first-order chi connectivity index (χ1) is 12.0. The Balaban J connectivity index is 1.89. The monoisotopic (exact) mass is 348 g/mol. The molecule has 2 aromatic carbocycles. The van der Waals surface area contributed by atoms with Gasteiger partial charge in [0.1, 0.15) is 18.1 Å². The lowest BCUT2D eigenvalue weighted by Gasteiger charge is -2.08. The number of benzene rings is 2. The van der Waals surface area contributed by atoms with Crippen LogP contribution in [0, 0.1) is 0 Å². The molecule has 0 bridgehead atoms. The summed E-state index contributed by atoms with van der Waals surface area (Å²) in [7, 11) is 0. The van der Waals surface area contributed by atoms with Crippen molar-refractivity contribution >= 4 is 12.4 Å². The van der Waals surface area contributed by atoms with Crippen LogP contribution in [-0.2, 0) is 0 Å². The van der Waals surface area contributed by atoms with Crippen molar-refractivity contribution in [2.75, 3.05) is 6.61 Å². The van der Waals surface area contributed by atoms with Crippen molar-refractivity contribution in [1.82, 2.24) is 0 Å². The van der Waals surface area contributed by atoms with E-state index in [2.05, 4.69) is 21.5 Å². The SMILES string of the molecule is C=CCOc1ccc(C=NN=Cc2ccc(OC(F)(F)F)cc2)cc1. The fraction of sp³-hybridized carbons (Fsp3) is 0.111. The molecule has 25 heavy (non-hydrogen) atoms. The van der Waals surface area contributed by atoms with E-state index in [4.69, 9.17) is 4.74 Å². The number of nitrogens with zero attached hydrogens (tertiary/aromatic N) is 2. The Hall–Kier alpha value is -3.09. The van der Waals surface area contributed by atoms with E-state index in [0.29, 0.717) is 12.2 Å². The van der Waals surface area contributed by atoms with Crippen LogP contribution in [0.25, 0.3) is 0 Å². The second-order valence-electron chi connectivity index (χ2n) is 4.77. The summed E-state index contributed by atoms with van der Waals surface area (Å²) in [5.41, 5.74) is 1.43. The molecular formula is C18H15F3N2O2. The molecule has 130 valence electrons. The molecule has 0 saturated heterocycles. The van der Waals surface area contributed by atoms with Crippen LogP contribution in [0.5, 0.6) is 11.5 Å². The van der Waals surface area contributed by atoms with Crippen LogP contribution in [0.15, 0.2) is 71.4 Å². The van der Waals surface area contributed by atoms with E-state index >= 15 is 0 Å². The first kappa shape index (κ1) is 18.3. The van der Waals surface area contributed by atoms with Gasteiger partial charge in [-0.1, -0.05) is 12.7 Å². The molecule has 0 heterocycles. The first-order valence-corrected chi connectivity index (χ1v) is 7.22. The molecule has 4 nitrogen and oxygen atoms in total. The Kier molecular flexibility index (Phi) is 6.33.